The minimum Gasteiger partial charge on any atom is -0.340 e. The van der Waals surface area contributed by atoms with Crippen LogP contribution in [0.4, 0.5) is 19.1 Å². The van der Waals surface area contributed by atoms with Crippen molar-refractivity contribution in [2.75, 3.05) is 31.1 Å². The quantitative estimate of drug-likeness (QED) is 0.855. The molecular formula is C17H21F3N4. The summed E-state index contributed by atoms with van der Waals surface area (Å²) in [6.45, 7) is 6.78. The molecule has 0 bridgehead atoms. The predicted octanol–water partition coefficient (Wildman–Crippen LogP) is 3.24. The van der Waals surface area contributed by atoms with Gasteiger partial charge in [0.1, 0.15) is 0 Å². The van der Waals surface area contributed by atoms with E-state index in [0.717, 1.165) is 44.7 Å². The summed E-state index contributed by atoms with van der Waals surface area (Å²) in [7, 11) is 0. The van der Waals surface area contributed by atoms with Crippen LogP contribution in [0.1, 0.15) is 18.1 Å². The molecule has 2 aromatic rings. The number of aryl methyl sites for hydroxylation is 1. The number of benzene rings is 1. The van der Waals surface area contributed by atoms with Gasteiger partial charge in [0.15, 0.2) is 0 Å². The van der Waals surface area contributed by atoms with E-state index >= 15 is 0 Å². The SMILES string of the molecule is CCn1ccnc1N1CCN(Cc2cccc(C(F)(F)F)c2)CC1. The molecule has 1 aliphatic heterocycles. The van der Waals surface area contributed by atoms with Crippen LogP contribution in [-0.2, 0) is 19.3 Å². The van der Waals surface area contributed by atoms with Gasteiger partial charge in [-0.2, -0.15) is 13.2 Å². The number of rotatable bonds is 4. The van der Waals surface area contributed by atoms with Crippen molar-refractivity contribution < 1.29 is 13.2 Å². The first-order chi connectivity index (χ1) is 11.5. The Kier molecular flexibility index (Phi) is 4.80. The van der Waals surface area contributed by atoms with E-state index in [4.69, 9.17) is 0 Å². The highest BCUT2D eigenvalue weighted by molar-refractivity contribution is 5.32. The fourth-order valence-electron chi connectivity index (χ4n) is 3.04. The number of imidazole rings is 1. The molecule has 4 nitrogen and oxygen atoms in total. The van der Waals surface area contributed by atoms with Gasteiger partial charge in [-0.1, -0.05) is 18.2 Å². The second-order valence-corrected chi connectivity index (χ2v) is 5.97. The van der Waals surface area contributed by atoms with Crippen LogP contribution in [0.5, 0.6) is 0 Å². The number of piperazine rings is 1. The van der Waals surface area contributed by atoms with Gasteiger partial charge in [-0.05, 0) is 18.6 Å². The minimum atomic E-state index is -4.29. The van der Waals surface area contributed by atoms with Gasteiger partial charge in [0.05, 0.1) is 5.56 Å². The van der Waals surface area contributed by atoms with Crippen molar-refractivity contribution in [1.82, 2.24) is 14.5 Å². The van der Waals surface area contributed by atoms with Crippen LogP contribution in [0.25, 0.3) is 0 Å². The van der Waals surface area contributed by atoms with E-state index in [1.807, 2.05) is 6.20 Å². The van der Waals surface area contributed by atoms with Crippen molar-refractivity contribution in [3.05, 3.63) is 47.8 Å². The number of nitrogens with zero attached hydrogens (tertiary/aromatic N) is 4. The van der Waals surface area contributed by atoms with E-state index in [1.165, 1.54) is 12.1 Å². The Bertz CT molecular complexity index is 672. The first-order valence-corrected chi connectivity index (χ1v) is 8.12. The molecule has 1 aromatic carbocycles. The highest BCUT2D eigenvalue weighted by atomic mass is 19.4. The smallest absolute Gasteiger partial charge is 0.340 e. The molecule has 0 spiro atoms. The molecule has 24 heavy (non-hydrogen) atoms. The van der Waals surface area contributed by atoms with Crippen LogP contribution in [0.15, 0.2) is 36.7 Å². The van der Waals surface area contributed by atoms with Crippen molar-refractivity contribution in [2.45, 2.75) is 26.2 Å². The fraction of sp³-hybridized carbons (Fsp3) is 0.471. The number of anilines is 1. The maximum Gasteiger partial charge on any atom is 0.416 e. The van der Waals surface area contributed by atoms with Crippen LogP contribution < -0.4 is 4.90 Å². The number of aromatic nitrogens is 2. The molecule has 0 N–H and O–H groups in total. The molecule has 130 valence electrons. The topological polar surface area (TPSA) is 24.3 Å². The lowest BCUT2D eigenvalue weighted by molar-refractivity contribution is -0.137. The van der Waals surface area contributed by atoms with Crippen LogP contribution in [0.2, 0.25) is 0 Å². The number of hydrogen-bond acceptors (Lipinski definition) is 3. The van der Waals surface area contributed by atoms with Gasteiger partial charge in [-0.15, -0.1) is 0 Å². The Morgan fingerprint density at radius 3 is 2.54 bits per heavy atom. The average molecular weight is 338 g/mol. The third kappa shape index (κ3) is 3.72. The molecule has 0 aliphatic carbocycles. The summed E-state index contributed by atoms with van der Waals surface area (Å²) in [5, 5.41) is 0. The summed E-state index contributed by atoms with van der Waals surface area (Å²) in [4.78, 5) is 8.82. The number of halogens is 3. The lowest BCUT2D eigenvalue weighted by atomic mass is 10.1. The van der Waals surface area contributed by atoms with Crippen LogP contribution in [0, 0.1) is 0 Å². The van der Waals surface area contributed by atoms with E-state index in [2.05, 4.69) is 26.3 Å². The zero-order valence-corrected chi connectivity index (χ0v) is 13.6. The summed E-state index contributed by atoms with van der Waals surface area (Å²) in [6, 6.07) is 5.60. The van der Waals surface area contributed by atoms with Crippen molar-refractivity contribution in [3.63, 3.8) is 0 Å². The fourth-order valence-corrected chi connectivity index (χ4v) is 3.04. The molecule has 1 aromatic heterocycles. The van der Waals surface area contributed by atoms with E-state index in [1.54, 1.807) is 12.3 Å². The first kappa shape index (κ1) is 16.8. The van der Waals surface area contributed by atoms with E-state index in [0.29, 0.717) is 12.1 Å². The van der Waals surface area contributed by atoms with Crippen molar-refractivity contribution in [3.8, 4) is 0 Å². The lowest BCUT2D eigenvalue weighted by Crippen LogP contribution is -2.46. The Balaban J connectivity index is 1.60. The van der Waals surface area contributed by atoms with Crippen molar-refractivity contribution >= 4 is 5.95 Å². The zero-order valence-electron chi connectivity index (χ0n) is 13.6. The van der Waals surface area contributed by atoms with Gasteiger partial charge in [-0.25, -0.2) is 4.98 Å². The standard InChI is InChI=1S/C17H21F3N4/c1-2-23-7-6-21-16(23)24-10-8-22(9-11-24)13-14-4-3-5-15(12-14)17(18,19)20/h3-7,12H,2,8-11,13H2,1H3. The van der Waals surface area contributed by atoms with E-state index < -0.39 is 11.7 Å². The predicted molar refractivity (Wildman–Crippen MR) is 86.8 cm³/mol. The van der Waals surface area contributed by atoms with Gasteiger partial charge in [0, 0.05) is 51.7 Å². The van der Waals surface area contributed by atoms with Gasteiger partial charge in [-0.3, -0.25) is 4.90 Å². The van der Waals surface area contributed by atoms with Crippen LogP contribution in [-0.4, -0.2) is 40.6 Å². The second kappa shape index (κ2) is 6.84. The average Bonchev–Trinajstić information content (AvgIpc) is 3.04. The third-order valence-electron chi connectivity index (χ3n) is 4.35. The summed E-state index contributed by atoms with van der Waals surface area (Å²) in [6.07, 6.45) is -0.524. The number of alkyl halides is 3. The highest BCUT2D eigenvalue weighted by Gasteiger charge is 2.30. The molecule has 0 amide bonds. The maximum atomic E-state index is 12.8. The number of hydrogen-bond donors (Lipinski definition) is 0. The van der Waals surface area contributed by atoms with Gasteiger partial charge < -0.3 is 9.47 Å². The van der Waals surface area contributed by atoms with Gasteiger partial charge in [0.25, 0.3) is 0 Å². The molecule has 0 atom stereocenters. The van der Waals surface area contributed by atoms with Crippen molar-refractivity contribution in [1.29, 1.82) is 0 Å². The summed E-state index contributed by atoms with van der Waals surface area (Å²) in [5.41, 5.74) is 0.122. The zero-order chi connectivity index (χ0) is 17.2. The van der Waals surface area contributed by atoms with Crippen molar-refractivity contribution in [2.24, 2.45) is 0 Å². The van der Waals surface area contributed by atoms with E-state index in [9.17, 15) is 13.2 Å². The maximum absolute atomic E-state index is 12.8. The molecule has 3 rings (SSSR count). The summed E-state index contributed by atoms with van der Waals surface area (Å²) < 4.78 is 40.5. The van der Waals surface area contributed by atoms with Gasteiger partial charge >= 0.3 is 6.18 Å². The monoisotopic (exact) mass is 338 g/mol. The molecule has 0 unspecified atom stereocenters. The normalized spacial score (nSPS) is 16.6. The Morgan fingerprint density at radius 1 is 1.12 bits per heavy atom. The largest absolute Gasteiger partial charge is 0.416 e. The van der Waals surface area contributed by atoms with E-state index in [-0.39, 0.29) is 0 Å². The molecule has 1 aliphatic rings. The van der Waals surface area contributed by atoms with Crippen LogP contribution >= 0.6 is 0 Å². The Hall–Kier alpha value is -2.02. The molecule has 1 fully saturated rings. The Morgan fingerprint density at radius 2 is 1.88 bits per heavy atom. The minimum absolute atomic E-state index is 0.542. The summed E-state index contributed by atoms with van der Waals surface area (Å²) >= 11 is 0. The third-order valence-corrected chi connectivity index (χ3v) is 4.35. The molecule has 1 saturated heterocycles. The van der Waals surface area contributed by atoms with Gasteiger partial charge in [0.2, 0.25) is 5.95 Å². The second-order valence-electron chi connectivity index (χ2n) is 5.97. The highest BCUT2D eigenvalue weighted by Crippen LogP contribution is 2.29. The molecule has 7 heteroatoms. The summed E-state index contributed by atoms with van der Waals surface area (Å²) in [5.74, 6) is 0.969. The molecule has 0 radical (unpaired) electrons. The lowest BCUT2D eigenvalue weighted by Gasteiger charge is -2.35. The van der Waals surface area contributed by atoms with Crippen LogP contribution in [0.3, 0.4) is 0 Å². The molecule has 2 heterocycles. The molecular weight excluding hydrogens is 317 g/mol. The Labute approximate surface area is 139 Å². The first-order valence-electron chi connectivity index (χ1n) is 8.12. The molecule has 0 saturated carbocycles.